The Morgan fingerprint density at radius 2 is 1.84 bits per heavy atom. The van der Waals surface area contributed by atoms with E-state index < -0.39 is 0 Å². The Hall–Kier alpha value is -1.58. The Morgan fingerprint density at radius 1 is 1.16 bits per heavy atom. The van der Waals surface area contributed by atoms with E-state index in [1.165, 1.54) is 0 Å². The van der Waals surface area contributed by atoms with Crippen molar-refractivity contribution in [1.82, 2.24) is 4.57 Å². The molecule has 0 aliphatic heterocycles. The van der Waals surface area contributed by atoms with Gasteiger partial charge < -0.3 is 9.67 Å². The monoisotopic (exact) mass is 275 g/mol. The third kappa shape index (κ3) is 2.31. The lowest BCUT2D eigenvalue weighted by Gasteiger charge is -2.13. The summed E-state index contributed by atoms with van der Waals surface area (Å²) < 4.78 is 1.80. The van der Waals surface area contributed by atoms with Gasteiger partial charge in [-0.25, -0.2) is 0 Å². The topological polar surface area (TPSA) is 42.2 Å². The summed E-state index contributed by atoms with van der Waals surface area (Å²) in [4.78, 5) is 12.3. The third-order valence-corrected chi connectivity index (χ3v) is 3.67. The highest BCUT2D eigenvalue weighted by molar-refractivity contribution is 6.30. The summed E-state index contributed by atoms with van der Waals surface area (Å²) in [6.45, 7) is -0.216. The summed E-state index contributed by atoms with van der Waals surface area (Å²) in [5.41, 5.74) is 2.22. The summed E-state index contributed by atoms with van der Waals surface area (Å²) in [5.74, 6) is 0. The van der Waals surface area contributed by atoms with Crippen molar-refractivity contribution in [1.29, 1.82) is 0 Å². The first-order valence-electron chi connectivity index (χ1n) is 6.32. The lowest BCUT2D eigenvalue weighted by Crippen LogP contribution is -2.24. The van der Waals surface area contributed by atoms with E-state index in [1.54, 1.807) is 10.6 Å². The maximum Gasteiger partial charge on any atom is 0.256 e. The zero-order chi connectivity index (χ0) is 13.4. The fourth-order valence-corrected chi connectivity index (χ4v) is 2.39. The number of nitrogens with zero attached hydrogens (tertiary/aromatic N) is 1. The molecule has 3 rings (SSSR count). The van der Waals surface area contributed by atoms with Gasteiger partial charge in [-0.3, -0.25) is 4.79 Å². The molecule has 1 aliphatic rings. The molecule has 0 amide bonds. The summed E-state index contributed by atoms with van der Waals surface area (Å²) in [5, 5.41) is 9.89. The van der Waals surface area contributed by atoms with Crippen LogP contribution in [-0.2, 0) is 6.61 Å². The van der Waals surface area contributed by atoms with Crippen LogP contribution >= 0.6 is 11.6 Å². The van der Waals surface area contributed by atoms with Crippen LogP contribution in [0.15, 0.2) is 41.2 Å². The van der Waals surface area contributed by atoms with Crippen LogP contribution in [0.5, 0.6) is 0 Å². The molecular weight excluding hydrogens is 262 g/mol. The molecule has 0 spiro atoms. The van der Waals surface area contributed by atoms with E-state index in [1.807, 2.05) is 30.3 Å². The number of aliphatic hydroxyl groups is 1. The Labute approximate surface area is 116 Å². The fraction of sp³-hybridized carbons (Fsp3) is 0.267. The van der Waals surface area contributed by atoms with Gasteiger partial charge in [-0.05, 0) is 42.7 Å². The van der Waals surface area contributed by atoms with Gasteiger partial charge in [-0.15, -0.1) is 0 Å². The van der Waals surface area contributed by atoms with Crippen LogP contribution in [0.2, 0.25) is 5.02 Å². The quantitative estimate of drug-likeness (QED) is 0.936. The maximum atomic E-state index is 12.3. The number of aliphatic hydroxyl groups excluding tert-OH is 1. The highest BCUT2D eigenvalue weighted by atomic mass is 35.5. The van der Waals surface area contributed by atoms with Crippen molar-refractivity contribution < 1.29 is 5.11 Å². The minimum Gasteiger partial charge on any atom is -0.391 e. The second kappa shape index (κ2) is 4.83. The van der Waals surface area contributed by atoms with Crippen molar-refractivity contribution in [3.05, 3.63) is 57.3 Å². The van der Waals surface area contributed by atoms with E-state index in [2.05, 4.69) is 0 Å². The van der Waals surface area contributed by atoms with Crippen molar-refractivity contribution in [2.45, 2.75) is 25.5 Å². The van der Waals surface area contributed by atoms with Gasteiger partial charge >= 0.3 is 0 Å². The SMILES string of the molecule is O=c1c(CO)ccc(-c2ccc(Cl)cc2)n1C1CC1. The Kier molecular flexibility index (Phi) is 3.17. The molecule has 1 heterocycles. The Bertz CT molecular complexity index is 657. The molecule has 1 aromatic heterocycles. The second-order valence-corrected chi connectivity index (χ2v) is 5.25. The van der Waals surface area contributed by atoms with Gasteiger partial charge in [0.1, 0.15) is 0 Å². The smallest absolute Gasteiger partial charge is 0.256 e. The van der Waals surface area contributed by atoms with Crippen LogP contribution in [0, 0.1) is 0 Å². The molecule has 4 heteroatoms. The van der Waals surface area contributed by atoms with Gasteiger partial charge in [0.2, 0.25) is 0 Å². The number of benzene rings is 1. The van der Waals surface area contributed by atoms with Gasteiger partial charge in [0, 0.05) is 16.6 Å². The van der Waals surface area contributed by atoms with E-state index >= 15 is 0 Å². The number of hydrogen-bond donors (Lipinski definition) is 1. The highest BCUT2D eigenvalue weighted by Crippen LogP contribution is 2.37. The van der Waals surface area contributed by atoms with Crippen molar-refractivity contribution in [3.8, 4) is 11.3 Å². The van der Waals surface area contributed by atoms with Crippen molar-refractivity contribution >= 4 is 11.6 Å². The van der Waals surface area contributed by atoms with Crippen molar-refractivity contribution in [3.63, 3.8) is 0 Å². The largest absolute Gasteiger partial charge is 0.391 e. The predicted molar refractivity (Wildman–Crippen MR) is 75.3 cm³/mol. The molecule has 0 atom stereocenters. The average molecular weight is 276 g/mol. The molecule has 0 bridgehead atoms. The number of aromatic nitrogens is 1. The second-order valence-electron chi connectivity index (χ2n) is 4.82. The number of hydrogen-bond acceptors (Lipinski definition) is 2. The van der Waals surface area contributed by atoms with Crippen LogP contribution in [0.4, 0.5) is 0 Å². The first kappa shape index (κ1) is 12.5. The van der Waals surface area contributed by atoms with Crippen LogP contribution in [-0.4, -0.2) is 9.67 Å². The van der Waals surface area contributed by atoms with Crippen LogP contribution in [0.25, 0.3) is 11.3 Å². The molecule has 98 valence electrons. The van der Waals surface area contributed by atoms with Gasteiger partial charge in [0.15, 0.2) is 0 Å². The van der Waals surface area contributed by atoms with E-state index in [-0.39, 0.29) is 18.2 Å². The van der Waals surface area contributed by atoms with Crippen molar-refractivity contribution in [2.75, 3.05) is 0 Å². The summed E-state index contributed by atoms with van der Waals surface area (Å²) in [7, 11) is 0. The molecule has 1 saturated carbocycles. The summed E-state index contributed by atoms with van der Waals surface area (Å²) in [6, 6.07) is 11.3. The summed E-state index contributed by atoms with van der Waals surface area (Å²) >= 11 is 5.89. The summed E-state index contributed by atoms with van der Waals surface area (Å²) in [6.07, 6.45) is 2.05. The molecule has 3 nitrogen and oxygen atoms in total. The fourth-order valence-electron chi connectivity index (χ4n) is 2.27. The maximum absolute atomic E-state index is 12.3. The normalized spacial score (nSPS) is 14.6. The Morgan fingerprint density at radius 3 is 2.42 bits per heavy atom. The minimum atomic E-state index is -0.216. The average Bonchev–Trinajstić information content (AvgIpc) is 3.23. The molecule has 1 fully saturated rings. The molecule has 1 aromatic carbocycles. The van der Waals surface area contributed by atoms with Crippen LogP contribution in [0.1, 0.15) is 24.4 Å². The number of rotatable bonds is 3. The van der Waals surface area contributed by atoms with E-state index in [9.17, 15) is 9.90 Å². The minimum absolute atomic E-state index is 0.0857. The lowest BCUT2D eigenvalue weighted by molar-refractivity contribution is 0.279. The van der Waals surface area contributed by atoms with E-state index in [0.29, 0.717) is 10.6 Å². The molecule has 2 aromatic rings. The highest BCUT2D eigenvalue weighted by Gasteiger charge is 2.27. The van der Waals surface area contributed by atoms with Gasteiger partial charge in [0.05, 0.1) is 12.3 Å². The zero-order valence-electron chi connectivity index (χ0n) is 10.3. The lowest BCUT2D eigenvalue weighted by atomic mass is 10.1. The van der Waals surface area contributed by atoms with Crippen LogP contribution in [0.3, 0.4) is 0 Å². The van der Waals surface area contributed by atoms with Crippen LogP contribution < -0.4 is 5.56 Å². The number of halogens is 1. The Balaban J connectivity index is 2.18. The first-order chi connectivity index (χ1) is 9.20. The molecule has 0 radical (unpaired) electrons. The third-order valence-electron chi connectivity index (χ3n) is 3.42. The number of pyridine rings is 1. The molecule has 19 heavy (non-hydrogen) atoms. The molecule has 1 aliphatic carbocycles. The first-order valence-corrected chi connectivity index (χ1v) is 6.69. The predicted octanol–water partition coefficient (Wildman–Crippen LogP) is 3.00. The van der Waals surface area contributed by atoms with Gasteiger partial charge in [-0.2, -0.15) is 0 Å². The van der Waals surface area contributed by atoms with Crippen molar-refractivity contribution in [2.24, 2.45) is 0 Å². The van der Waals surface area contributed by atoms with E-state index in [4.69, 9.17) is 11.6 Å². The molecule has 1 N–H and O–H groups in total. The van der Waals surface area contributed by atoms with Gasteiger partial charge in [0.25, 0.3) is 5.56 Å². The molecular formula is C15H14ClNO2. The molecule has 0 saturated heterocycles. The van der Waals surface area contributed by atoms with E-state index in [0.717, 1.165) is 24.1 Å². The molecule has 0 unspecified atom stereocenters. The van der Waals surface area contributed by atoms with Gasteiger partial charge in [-0.1, -0.05) is 23.7 Å². The zero-order valence-corrected chi connectivity index (χ0v) is 11.1. The standard InChI is InChI=1S/C15H14ClNO2/c16-12-4-1-10(2-5-12)14-8-3-11(9-18)15(19)17(14)13-6-7-13/h1-5,8,13,18H,6-7,9H2.